The number of Topliss-reactive ketones (excluding diaryl/α,β-unsaturated/α-hetero) is 1. The number of ketones is 1. The summed E-state index contributed by atoms with van der Waals surface area (Å²) in [6.45, 7) is 4.35. The lowest BCUT2D eigenvalue weighted by atomic mass is 9.73. The third kappa shape index (κ3) is 4.02. The van der Waals surface area contributed by atoms with Crippen LogP contribution in [0.3, 0.4) is 0 Å². The van der Waals surface area contributed by atoms with E-state index in [2.05, 4.69) is 0 Å². The summed E-state index contributed by atoms with van der Waals surface area (Å²) < 4.78 is 22.6. The van der Waals surface area contributed by atoms with E-state index in [-0.39, 0.29) is 31.2 Å². The van der Waals surface area contributed by atoms with Crippen molar-refractivity contribution in [1.82, 2.24) is 0 Å². The Kier molecular flexibility index (Phi) is 5.82. The Hall–Kier alpha value is -4.29. The van der Waals surface area contributed by atoms with Gasteiger partial charge in [-0.05, 0) is 67.1 Å². The highest BCUT2D eigenvalue weighted by molar-refractivity contribution is 6.00. The van der Waals surface area contributed by atoms with Crippen LogP contribution >= 0.6 is 0 Å². The van der Waals surface area contributed by atoms with Gasteiger partial charge in [0.1, 0.15) is 5.60 Å². The predicted molar refractivity (Wildman–Crippen MR) is 149 cm³/mol. The standard InChI is InChI=1S/C34H30O6/c1-20-3-7-22(8-4-20)33(35)32-31(24-10-14-28-30(16-24)40-19-38-28)26(23-9-13-27-29(15-23)39-18-37-27)17-34(32,36)25-11-5-21(2)6-12-25/h3-16,26,31-32,36H,17-19H2,1-2H3/t26-,31-,32-,34+/m1/s1. The minimum Gasteiger partial charge on any atom is -0.454 e. The highest BCUT2D eigenvalue weighted by atomic mass is 16.7. The number of benzene rings is 4. The van der Waals surface area contributed by atoms with Crippen molar-refractivity contribution in [2.45, 2.75) is 37.7 Å². The summed E-state index contributed by atoms with van der Waals surface area (Å²) in [5.41, 5.74) is 3.96. The van der Waals surface area contributed by atoms with Gasteiger partial charge in [0, 0.05) is 11.5 Å². The number of rotatable bonds is 5. The first-order valence-corrected chi connectivity index (χ1v) is 13.6. The minimum absolute atomic E-state index is 0.0889. The smallest absolute Gasteiger partial charge is 0.231 e. The van der Waals surface area contributed by atoms with Gasteiger partial charge in [0.05, 0.1) is 5.92 Å². The molecule has 0 spiro atoms. The Bertz CT molecular complexity index is 1590. The van der Waals surface area contributed by atoms with Crippen LogP contribution in [0.15, 0.2) is 84.9 Å². The topological polar surface area (TPSA) is 74.2 Å². The molecular formula is C34H30O6. The normalized spacial score (nSPS) is 24.3. The highest BCUT2D eigenvalue weighted by Gasteiger charge is 2.57. The van der Waals surface area contributed by atoms with Gasteiger partial charge in [-0.25, -0.2) is 0 Å². The molecule has 2 heterocycles. The molecule has 2 aliphatic heterocycles. The molecule has 1 fully saturated rings. The molecule has 4 aromatic carbocycles. The maximum Gasteiger partial charge on any atom is 0.231 e. The number of fused-ring (bicyclic) bond motifs is 2. The molecular weight excluding hydrogens is 504 g/mol. The molecule has 1 aliphatic carbocycles. The molecule has 0 amide bonds. The number of aryl methyl sites for hydroxylation is 2. The van der Waals surface area contributed by atoms with Crippen LogP contribution in [0.5, 0.6) is 23.0 Å². The lowest BCUT2D eigenvalue weighted by molar-refractivity contribution is -0.000276. The van der Waals surface area contributed by atoms with Gasteiger partial charge in [0.25, 0.3) is 0 Å². The minimum atomic E-state index is -1.42. The van der Waals surface area contributed by atoms with Gasteiger partial charge in [-0.2, -0.15) is 0 Å². The van der Waals surface area contributed by atoms with Crippen molar-refractivity contribution in [1.29, 1.82) is 0 Å². The molecule has 7 rings (SSSR count). The summed E-state index contributed by atoms with van der Waals surface area (Å²) in [5, 5.41) is 12.7. The second-order valence-corrected chi connectivity index (χ2v) is 11.1. The number of carbonyl (C=O) groups excluding carboxylic acids is 1. The number of carbonyl (C=O) groups is 1. The van der Waals surface area contributed by atoms with E-state index in [9.17, 15) is 9.90 Å². The molecule has 3 aliphatic rings. The van der Waals surface area contributed by atoms with E-state index in [1.807, 2.05) is 98.8 Å². The maximum absolute atomic E-state index is 14.5. The van der Waals surface area contributed by atoms with Crippen LogP contribution < -0.4 is 18.9 Å². The van der Waals surface area contributed by atoms with Crippen molar-refractivity contribution in [3.05, 3.63) is 118 Å². The molecule has 6 nitrogen and oxygen atoms in total. The Morgan fingerprint density at radius 2 is 1.23 bits per heavy atom. The maximum atomic E-state index is 14.5. The molecule has 4 atom stereocenters. The average molecular weight is 535 g/mol. The van der Waals surface area contributed by atoms with Crippen LogP contribution in [0.1, 0.15) is 56.4 Å². The van der Waals surface area contributed by atoms with Crippen LogP contribution in [0.2, 0.25) is 0 Å². The van der Waals surface area contributed by atoms with Crippen molar-refractivity contribution in [3.63, 3.8) is 0 Å². The Labute approximate surface area is 233 Å². The number of hydrogen-bond acceptors (Lipinski definition) is 6. The molecule has 6 heteroatoms. The van der Waals surface area contributed by atoms with Crippen LogP contribution in [0, 0.1) is 19.8 Å². The van der Waals surface area contributed by atoms with E-state index in [1.165, 1.54) is 0 Å². The second kappa shape index (κ2) is 9.42. The summed E-state index contributed by atoms with van der Waals surface area (Å²) >= 11 is 0. The van der Waals surface area contributed by atoms with E-state index < -0.39 is 11.5 Å². The summed E-state index contributed by atoms with van der Waals surface area (Å²) in [6.07, 6.45) is 0.358. The summed E-state index contributed by atoms with van der Waals surface area (Å²) in [6, 6.07) is 27.2. The third-order valence-electron chi connectivity index (χ3n) is 8.61. The zero-order valence-electron chi connectivity index (χ0n) is 22.4. The Morgan fingerprint density at radius 3 is 1.85 bits per heavy atom. The molecule has 1 N–H and O–H groups in total. The lowest BCUT2D eigenvalue weighted by Gasteiger charge is -2.33. The second-order valence-electron chi connectivity index (χ2n) is 11.1. The SMILES string of the molecule is Cc1ccc(C(=O)[C@H]2[C@H](c3ccc4c(c3)OCO4)[C@@H](c3ccc4c(c3)OCO4)C[C@]2(O)c2ccc(C)cc2)cc1. The zero-order valence-corrected chi connectivity index (χ0v) is 22.4. The predicted octanol–water partition coefficient (Wildman–Crippen LogP) is 6.42. The molecule has 40 heavy (non-hydrogen) atoms. The fourth-order valence-electron chi connectivity index (χ4n) is 6.55. The van der Waals surface area contributed by atoms with Gasteiger partial charge in [0.15, 0.2) is 28.8 Å². The van der Waals surface area contributed by atoms with E-state index in [0.717, 1.165) is 27.8 Å². The van der Waals surface area contributed by atoms with Crippen LogP contribution in [0.4, 0.5) is 0 Å². The van der Waals surface area contributed by atoms with Gasteiger partial charge >= 0.3 is 0 Å². The first-order chi connectivity index (χ1) is 19.4. The lowest BCUT2D eigenvalue weighted by Crippen LogP contribution is -2.38. The van der Waals surface area contributed by atoms with Gasteiger partial charge in [-0.15, -0.1) is 0 Å². The van der Waals surface area contributed by atoms with Gasteiger partial charge in [0.2, 0.25) is 13.6 Å². The van der Waals surface area contributed by atoms with Crippen molar-refractivity contribution in [3.8, 4) is 23.0 Å². The van der Waals surface area contributed by atoms with Crippen molar-refractivity contribution < 1.29 is 28.8 Å². The first-order valence-electron chi connectivity index (χ1n) is 13.6. The number of aliphatic hydroxyl groups is 1. The summed E-state index contributed by atoms with van der Waals surface area (Å²) in [7, 11) is 0. The average Bonchev–Trinajstić information content (AvgIpc) is 3.70. The fourth-order valence-corrected chi connectivity index (χ4v) is 6.55. The van der Waals surface area contributed by atoms with Crippen molar-refractivity contribution >= 4 is 5.78 Å². The van der Waals surface area contributed by atoms with E-state index >= 15 is 0 Å². The monoisotopic (exact) mass is 534 g/mol. The van der Waals surface area contributed by atoms with E-state index in [1.54, 1.807) is 0 Å². The van der Waals surface area contributed by atoms with Crippen molar-refractivity contribution in [2.24, 2.45) is 5.92 Å². The molecule has 0 aromatic heterocycles. The van der Waals surface area contributed by atoms with Gasteiger partial charge in [-0.1, -0.05) is 71.8 Å². The number of hydrogen-bond donors (Lipinski definition) is 1. The Balaban J connectivity index is 1.43. The van der Waals surface area contributed by atoms with Crippen LogP contribution in [0.25, 0.3) is 0 Å². The number of ether oxygens (including phenoxy) is 4. The fraction of sp³-hybridized carbons (Fsp3) is 0.265. The van der Waals surface area contributed by atoms with E-state index in [4.69, 9.17) is 18.9 Å². The largest absolute Gasteiger partial charge is 0.454 e. The summed E-state index contributed by atoms with van der Waals surface area (Å²) in [5.74, 6) is 1.31. The molecule has 202 valence electrons. The third-order valence-corrected chi connectivity index (χ3v) is 8.61. The molecule has 0 radical (unpaired) electrons. The van der Waals surface area contributed by atoms with Crippen LogP contribution in [-0.2, 0) is 5.60 Å². The molecule has 0 saturated heterocycles. The van der Waals surface area contributed by atoms with Gasteiger partial charge < -0.3 is 24.1 Å². The van der Waals surface area contributed by atoms with E-state index in [0.29, 0.717) is 35.0 Å². The quantitative estimate of drug-likeness (QED) is 0.298. The molecule has 4 aromatic rings. The highest BCUT2D eigenvalue weighted by Crippen LogP contribution is 2.60. The van der Waals surface area contributed by atoms with Crippen molar-refractivity contribution in [2.75, 3.05) is 13.6 Å². The van der Waals surface area contributed by atoms with Crippen LogP contribution in [-0.4, -0.2) is 24.5 Å². The zero-order chi connectivity index (χ0) is 27.4. The molecule has 0 bridgehead atoms. The summed E-state index contributed by atoms with van der Waals surface area (Å²) in [4.78, 5) is 14.5. The molecule has 0 unspecified atom stereocenters. The van der Waals surface area contributed by atoms with Gasteiger partial charge in [-0.3, -0.25) is 4.79 Å². The first kappa shape index (κ1) is 24.7. The molecule has 1 saturated carbocycles. The Morgan fingerprint density at radius 1 is 0.700 bits per heavy atom.